The molecule has 0 bridgehead atoms. The molecule has 0 aliphatic carbocycles. The summed E-state index contributed by atoms with van der Waals surface area (Å²) < 4.78 is 0. The van der Waals surface area contributed by atoms with E-state index in [1.807, 2.05) is 0 Å². The Morgan fingerprint density at radius 2 is 0.644 bits per heavy atom. The highest BCUT2D eigenvalue weighted by Gasteiger charge is 2.20. The predicted octanol–water partition coefficient (Wildman–Crippen LogP) is 9.88. The van der Waals surface area contributed by atoms with Gasteiger partial charge in [-0.1, -0.05) is 145 Å². The molecule has 2 atom stereocenters. The first-order valence-electron chi connectivity index (χ1n) is 15.6. The zero-order valence-electron chi connectivity index (χ0n) is 25.1. The molecule has 1 nitrogen and oxygen atoms in total. The van der Waals surface area contributed by atoms with Gasteiger partial charge in [0.15, 0.2) is 0 Å². The van der Waals surface area contributed by atoms with Crippen molar-refractivity contribution in [2.45, 2.75) is 24.9 Å². The van der Waals surface area contributed by atoms with E-state index in [0.717, 1.165) is 24.0 Å². The second kappa shape index (κ2) is 13.4. The van der Waals surface area contributed by atoms with Gasteiger partial charge in [0.25, 0.3) is 0 Å². The van der Waals surface area contributed by atoms with Crippen LogP contribution in [-0.2, 0) is 0 Å². The summed E-state index contributed by atoms with van der Waals surface area (Å²) in [6.07, 6.45) is 1.96. The highest BCUT2D eigenvalue weighted by Crippen LogP contribution is 2.29. The Labute approximate surface area is 266 Å². The fraction of sp³-hybridized carbons (Fsp3) is 0.0909. The lowest BCUT2D eigenvalue weighted by Gasteiger charge is -2.09. The van der Waals surface area contributed by atoms with Crippen LogP contribution in [0.2, 0.25) is 0 Å². The molecule has 0 amide bonds. The van der Waals surface area contributed by atoms with Gasteiger partial charge in [-0.3, -0.25) is 5.32 Å². The second-order valence-electron chi connectivity index (χ2n) is 11.5. The Hall–Kier alpha value is -5.60. The Balaban J connectivity index is 1.13. The predicted molar refractivity (Wildman–Crippen MR) is 188 cm³/mol. The van der Waals surface area contributed by atoms with E-state index in [9.17, 15) is 0 Å². The molecule has 1 fully saturated rings. The molecule has 45 heavy (non-hydrogen) atoms. The average Bonchev–Trinajstić information content (AvgIpc) is 3.59. The molecule has 1 aliphatic rings. The van der Waals surface area contributed by atoms with Crippen LogP contribution in [0.15, 0.2) is 158 Å². The van der Waals surface area contributed by atoms with Gasteiger partial charge >= 0.3 is 0 Å². The van der Waals surface area contributed by atoms with Crippen LogP contribution in [0, 0.1) is 23.7 Å². The summed E-state index contributed by atoms with van der Waals surface area (Å²) in [5.74, 6) is 14.0. The summed E-state index contributed by atoms with van der Waals surface area (Å²) in [7, 11) is 0. The normalized spacial score (nSPS) is 15.4. The molecular weight excluding hydrogens is 542 g/mol. The molecule has 1 saturated heterocycles. The van der Waals surface area contributed by atoms with Gasteiger partial charge in [-0.2, -0.15) is 0 Å². The van der Waals surface area contributed by atoms with Crippen molar-refractivity contribution < 1.29 is 0 Å². The first-order valence-corrected chi connectivity index (χ1v) is 15.6. The molecule has 214 valence electrons. The highest BCUT2D eigenvalue weighted by atomic mass is 15.0. The average molecular weight is 576 g/mol. The van der Waals surface area contributed by atoms with Crippen molar-refractivity contribution in [3.05, 3.63) is 169 Å². The maximum Gasteiger partial charge on any atom is 0.0703 e. The maximum atomic E-state index is 3.67. The molecule has 6 aromatic rings. The number of rotatable bonds is 4. The van der Waals surface area contributed by atoms with E-state index >= 15 is 0 Å². The van der Waals surface area contributed by atoms with Crippen LogP contribution < -0.4 is 5.32 Å². The van der Waals surface area contributed by atoms with Gasteiger partial charge in [-0.25, -0.2) is 0 Å². The fourth-order valence-electron chi connectivity index (χ4n) is 5.90. The van der Waals surface area contributed by atoms with Crippen molar-refractivity contribution in [1.29, 1.82) is 0 Å². The highest BCUT2D eigenvalue weighted by molar-refractivity contribution is 5.76. The summed E-state index contributed by atoms with van der Waals surface area (Å²) in [5, 5.41) is 3.67. The first kappa shape index (κ1) is 28.2. The largest absolute Gasteiger partial charge is 0.290 e. The Morgan fingerprint density at radius 3 is 0.933 bits per heavy atom. The molecule has 0 unspecified atom stereocenters. The van der Waals surface area contributed by atoms with E-state index in [2.05, 4.69) is 187 Å². The van der Waals surface area contributed by atoms with E-state index < -0.39 is 0 Å². The number of hydrogen-bond donors (Lipinski definition) is 1. The quantitative estimate of drug-likeness (QED) is 0.206. The van der Waals surface area contributed by atoms with Gasteiger partial charge in [0, 0.05) is 11.1 Å². The van der Waals surface area contributed by atoms with Crippen molar-refractivity contribution >= 4 is 0 Å². The van der Waals surface area contributed by atoms with Gasteiger partial charge in [-0.05, 0) is 93.7 Å². The van der Waals surface area contributed by atoms with Crippen molar-refractivity contribution in [2.24, 2.45) is 0 Å². The lowest BCUT2D eigenvalue weighted by Crippen LogP contribution is -2.27. The Morgan fingerprint density at radius 1 is 0.356 bits per heavy atom. The molecule has 7 rings (SSSR count). The van der Waals surface area contributed by atoms with Crippen LogP contribution in [0.4, 0.5) is 0 Å². The number of hydrogen-bond acceptors (Lipinski definition) is 1. The van der Waals surface area contributed by atoms with Gasteiger partial charge in [-0.15, -0.1) is 0 Å². The number of benzene rings is 6. The Bertz CT molecular complexity index is 1760. The molecule has 6 aromatic carbocycles. The monoisotopic (exact) mass is 575 g/mol. The molecule has 1 N–H and O–H groups in total. The zero-order chi connectivity index (χ0) is 30.3. The van der Waals surface area contributed by atoms with E-state index in [4.69, 9.17) is 0 Å². The Kier molecular flexibility index (Phi) is 8.37. The molecular formula is C44H33N. The smallest absolute Gasteiger partial charge is 0.0703 e. The minimum atomic E-state index is 0.111. The van der Waals surface area contributed by atoms with Crippen LogP contribution in [-0.4, -0.2) is 12.1 Å². The summed E-state index contributed by atoms with van der Waals surface area (Å²) in [4.78, 5) is 0. The standard InChI is InChI=1S/C44H33N/c1-5-13-35(14-6-1)39-27-33(28-40(31-39)36-15-7-2-8-16-36)21-23-43-25-26-44(45-43)24-22-34-29-41(37-17-9-3-10-18-37)32-42(30-34)38-19-11-4-12-20-38/h1-20,27-32,43-45H,25-26H2/t43-,44-/m1/s1. The van der Waals surface area contributed by atoms with Crippen LogP contribution in [0.1, 0.15) is 24.0 Å². The van der Waals surface area contributed by atoms with Crippen LogP contribution in [0.5, 0.6) is 0 Å². The third-order valence-electron chi connectivity index (χ3n) is 8.22. The van der Waals surface area contributed by atoms with E-state index in [-0.39, 0.29) is 12.1 Å². The van der Waals surface area contributed by atoms with Gasteiger partial charge in [0.05, 0.1) is 12.1 Å². The molecule has 0 radical (unpaired) electrons. The number of nitrogens with one attached hydrogen (secondary N) is 1. The van der Waals surface area contributed by atoms with Crippen LogP contribution >= 0.6 is 0 Å². The van der Waals surface area contributed by atoms with Crippen LogP contribution in [0.3, 0.4) is 0 Å². The SMILES string of the molecule is C(#C[C@@H]1CC[C@@H](C#Cc2cc(-c3ccccc3)cc(-c3ccccc3)c2)N1)c1cc(-c2ccccc2)cc(-c2ccccc2)c1. The topological polar surface area (TPSA) is 12.0 Å². The van der Waals surface area contributed by atoms with Crippen LogP contribution in [0.25, 0.3) is 44.5 Å². The fourth-order valence-corrected chi connectivity index (χ4v) is 5.90. The van der Waals surface area contributed by atoms with Crippen molar-refractivity contribution in [1.82, 2.24) is 5.32 Å². The zero-order valence-corrected chi connectivity index (χ0v) is 25.1. The van der Waals surface area contributed by atoms with E-state index in [1.54, 1.807) is 0 Å². The summed E-state index contributed by atoms with van der Waals surface area (Å²) in [5.41, 5.74) is 11.5. The molecule has 0 spiro atoms. The third kappa shape index (κ3) is 6.98. The van der Waals surface area contributed by atoms with E-state index in [1.165, 1.54) is 44.5 Å². The summed E-state index contributed by atoms with van der Waals surface area (Å²) >= 11 is 0. The molecule has 1 aliphatic heterocycles. The first-order chi connectivity index (χ1) is 22.3. The molecule has 0 aromatic heterocycles. The minimum Gasteiger partial charge on any atom is -0.290 e. The van der Waals surface area contributed by atoms with Gasteiger partial charge < -0.3 is 0 Å². The van der Waals surface area contributed by atoms with Gasteiger partial charge in [0.1, 0.15) is 0 Å². The van der Waals surface area contributed by atoms with Crippen molar-refractivity contribution in [3.63, 3.8) is 0 Å². The van der Waals surface area contributed by atoms with Crippen molar-refractivity contribution in [3.8, 4) is 68.2 Å². The lowest BCUT2D eigenvalue weighted by molar-refractivity contribution is 0.696. The third-order valence-corrected chi connectivity index (χ3v) is 8.22. The second-order valence-corrected chi connectivity index (χ2v) is 11.5. The summed E-state index contributed by atoms with van der Waals surface area (Å²) in [6.45, 7) is 0. The summed E-state index contributed by atoms with van der Waals surface area (Å²) in [6, 6.07) is 55.6. The van der Waals surface area contributed by atoms with Gasteiger partial charge in [0.2, 0.25) is 0 Å². The lowest BCUT2D eigenvalue weighted by atomic mass is 9.96. The molecule has 1 heterocycles. The van der Waals surface area contributed by atoms with Crippen molar-refractivity contribution in [2.75, 3.05) is 0 Å². The molecule has 1 heteroatoms. The minimum absolute atomic E-state index is 0.111. The molecule has 0 saturated carbocycles. The maximum absolute atomic E-state index is 3.67. The van der Waals surface area contributed by atoms with E-state index in [0.29, 0.717) is 0 Å².